The fourth-order valence-corrected chi connectivity index (χ4v) is 12.6. The summed E-state index contributed by atoms with van der Waals surface area (Å²) in [7, 11) is 4.14. The van der Waals surface area contributed by atoms with Gasteiger partial charge in [0.25, 0.3) is 0 Å². The second kappa shape index (κ2) is 14.9. The zero-order valence-corrected chi connectivity index (χ0v) is 28.5. The van der Waals surface area contributed by atoms with Crippen molar-refractivity contribution in [1.29, 1.82) is 0 Å². The Bertz CT molecular complexity index is 1440. The first kappa shape index (κ1) is 29.0. The molecule has 0 amide bonds. The number of hydrogen-bond donors (Lipinski definition) is 0. The average Bonchev–Trinajstić information content (AvgIpc) is 3.80. The highest BCUT2D eigenvalue weighted by Crippen LogP contribution is 2.40. The first-order valence-electron chi connectivity index (χ1n) is 13.5. The number of thiophene rings is 6. The summed E-state index contributed by atoms with van der Waals surface area (Å²) in [6, 6.07) is 27.1. The number of aryl methyl sites for hydroxylation is 2. The molecule has 6 rings (SSSR count). The van der Waals surface area contributed by atoms with Crippen molar-refractivity contribution in [3.8, 4) is 39.0 Å². The zero-order chi connectivity index (χ0) is 27.0. The van der Waals surface area contributed by atoms with Crippen LogP contribution >= 0.6 is 89.6 Å². The van der Waals surface area contributed by atoms with Gasteiger partial charge in [0, 0.05) is 60.3 Å². The Labute approximate surface area is 269 Å². The molecule has 0 aliphatic heterocycles. The molecule has 206 valence electrons. The smallest absolute Gasteiger partial charge is 0.0449 e. The lowest BCUT2D eigenvalue weighted by Crippen LogP contribution is -1.85. The van der Waals surface area contributed by atoms with Crippen LogP contribution in [0, 0.1) is 0 Å². The molecule has 0 bridgehead atoms. The van der Waals surface area contributed by atoms with E-state index in [4.69, 9.17) is 0 Å². The monoisotopic (exact) mass is 670 g/mol. The lowest BCUT2D eigenvalue weighted by molar-refractivity contribution is 0.811. The van der Waals surface area contributed by atoms with Crippen molar-refractivity contribution in [2.24, 2.45) is 0 Å². The normalized spacial score (nSPS) is 11.5. The maximum absolute atomic E-state index is 2.34. The molecule has 0 unspecified atom stereocenters. The van der Waals surface area contributed by atoms with Crippen LogP contribution in [0.5, 0.6) is 0 Å². The van der Waals surface area contributed by atoms with Gasteiger partial charge in [-0.25, -0.2) is 0 Å². The van der Waals surface area contributed by atoms with Crippen LogP contribution < -0.4 is 0 Å². The van der Waals surface area contributed by atoms with Gasteiger partial charge in [-0.1, -0.05) is 33.7 Å². The van der Waals surface area contributed by atoms with Crippen molar-refractivity contribution in [1.82, 2.24) is 0 Å². The molecular formula is C32H30S8. The van der Waals surface area contributed by atoms with Crippen molar-refractivity contribution < 1.29 is 0 Å². The van der Waals surface area contributed by atoms with Gasteiger partial charge in [-0.2, -0.15) is 0 Å². The van der Waals surface area contributed by atoms with Gasteiger partial charge in [0.15, 0.2) is 0 Å². The Hall–Kier alpha value is -1.10. The number of unbranched alkanes of at least 4 members (excludes halogenated alkanes) is 2. The van der Waals surface area contributed by atoms with Crippen molar-refractivity contribution in [3.05, 3.63) is 93.3 Å². The van der Waals surface area contributed by atoms with E-state index in [-0.39, 0.29) is 0 Å². The summed E-state index contributed by atoms with van der Waals surface area (Å²) >= 11 is 11.4. The average molecular weight is 671 g/mol. The molecular weight excluding hydrogens is 641 g/mol. The van der Waals surface area contributed by atoms with Crippen LogP contribution in [0.1, 0.15) is 35.4 Å². The summed E-state index contributed by atoms with van der Waals surface area (Å²) in [4.78, 5) is 14.2. The van der Waals surface area contributed by atoms with Crippen molar-refractivity contribution in [2.45, 2.75) is 38.5 Å². The van der Waals surface area contributed by atoms with E-state index in [0.29, 0.717) is 0 Å². The van der Waals surface area contributed by atoms with Crippen LogP contribution in [0.2, 0.25) is 0 Å². The predicted molar refractivity (Wildman–Crippen MR) is 193 cm³/mol. The van der Waals surface area contributed by atoms with Gasteiger partial charge in [0.2, 0.25) is 0 Å². The van der Waals surface area contributed by atoms with E-state index in [1.807, 2.05) is 68.0 Å². The second-order valence-electron chi connectivity index (χ2n) is 9.37. The minimum atomic E-state index is 1.21. The highest BCUT2D eigenvalue weighted by atomic mass is 33.1. The third kappa shape index (κ3) is 7.84. The Kier molecular flexibility index (Phi) is 10.8. The molecule has 0 aliphatic carbocycles. The van der Waals surface area contributed by atoms with E-state index in [1.165, 1.54) is 98.8 Å². The highest BCUT2D eigenvalue weighted by Gasteiger charge is 2.10. The summed E-state index contributed by atoms with van der Waals surface area (Å²) < 4.78 is 0. The molecule has 0 fully saturated rings. The first-order chi connectivity index (χ1) is 19.8. The van der Waals surface area contributed by atoms with Gasteiger partial charge in [0.05, 0.1) is 0 Å². The maximum Gasteiger partial charge on any atom is 0.0449 e. The Morgan fingerprint density at radius 2 is 0.800 bits per heavy atom. The Morgan fingerprint density at radius 3 is 1.23 bits per heavy atom. The van der Waals surface area contributed by atoms with E-state index in [1.54, 1.807) is 0 Å². The summed E-state index contributed by atoms with van der Waals surface area (Å²) in [5.74, 6) is 2.53. The molecule has 40 heavy (non-hydrogen) atoms. The lowest BCUT2D eigenvalue weighted by atomic mass is 10.2. The second-order valence-corrected chi connectivity index (χ2v) is 18.5. The third-order valence-corrected chi connectivity index (χ3v) is 16.0. The molecule has 0 aromatic carbocycles. The molecule has 0 aliphatic rings. The summed E-state index contributed by atoms with van der Waals surface area (Å²) in [5.41, 5.74) is 0. The van der Waals surface area contributed by atoms with Crippen molar-refractivity contribution in [2.75, 3.05) is 11.5 Å². The Morgan fingerprint density at radius 1 is 0.400 bits per heavy atom. The van der Waals surface area contributed by atoms with Crippen molar-refractivity contribution >= 4 is 89.6 Å². The largest absolute Gasteiger partial charge is 0.143 e. The van der Waals surface area contributed by atoms with E-state index >= 15 is 0 Å². The molecule has 0 atom stereocenters. The minimum absolute atomic E-state index is 1.21. The summed E-state index contributed by atoms with van der Waals surface area (Å²) in [5, 5.41) is 4.31. The van der Waals surface area contributed by atoms with Crippen molar-refractivity contribution in [3.63, 3.8) is 0 Å². The molecule has 0 N–H and O–H groups in total. The molecule has 0 radical (unpaired) electrons. The van der Waals surface area contributed by atoms with Crippen LogP contribution in [0.4, 0.5) is 0 Å². The first-order valence-corrected chi connectivity index (χ1v) is 21.0. The van der Waals surface area contributed by atoms with Gasteiger partial charge in [-0.05, 0) is 110 Å². The van der Waals surface area contributed by atoms with Crippen LogP contribution in [-0.4, -0.2) is 11.5 Å². The molecule has 8 heteroatoms. The summed E-state index contributed by atoms with van der Waals surface area (Å²) in [6.07, 6.45) is 7.62. The highest BCUT2D eigenvalue weighted by molar-refractivity contribution is 8.76. The van der Waals surface area contributed by atoms with Gasteiger partial charge >= 0.3 is 0 Å². The number of hydrogen-bond acceptors (Lipinski definition) is 8. The van der Waals surface area contributed by atoms with Crippen LogP contribution in [0.3, 0.4) is 0 Å². The fourth-order valence-electron chi connectivity index (χ4n) is 4.37. The molecule has 6 aromatic rings. The SMILES string of the molecule is c1csc(-c2ccc(-c3ccc(CCCCSSCCCCc4ccc(-c5ccc(-c6cccs6)s5)s4)s3)s2)c1. The minimum Gasteiger partial charge on any atom is -0.143 e. The van der Waals surface area contributed by atoms with Gasteiger partial charge in [-0.15, -0.1) is 68.0 Å². The molecule has 6 aromatic heterocycles. The number of rotatable bonds is 15. The zero-order valence-electron chi connectivity index (χ0n) is 22.0. The van der Waals surface area contributed by atoms with E-state index in [9.17, 15) is 0 Å². The van der Waals surface area contributed by atoms with E-state index < -0.39 is 0 Å². The fraction of sp³-hybridized carbons (Fsp3) is 0.250. The van der Waals surface area contributed by atoms with Crippen LogP contribution in [0.15, 0.2) is 83.6 Å². The Balaban J connectivity index is 0.822. The van der Waals surface area contributed by atoms with Gasteiger partial charge < -0.3 is 0 Å². The van der Waals surface area contributed by atoms with E-state index in [2.05, 4.69) is 105 Å². The van der Waals surface area contributed by atoms with E-state index in [0.717, 1.165) is 0 Å². The lowest BCUT2D eigenvalue weighted by Gasteiger charge is -2.02. The predicted octanol–water partition coefficient (Wildman–Crippen LogP) is 13.5. The summed E-state index contributed by atoms with van der Waals surface area (Å²) in [6.45, 7) is 0. The maximum atomic E-state index is 2.34. The molecule has 0 spiro atoms. The standard InChI is InChI=1S/C32H30S8/c1(7-23-11-13-29(37-23)31-17-15-27(39-31)25-9-5-19-33-25)3-21-35-36-22-4-2-8-24-12-14-30(38-24)32-18-16-28(40-32)26-10-6-20-34-26/h5-6,9-20H,1-4,7-8,21-22H2. The van der Waals surface area contributed by atoms with Crippen LogP contribution in [-0.2, 0) is 12.8 Å². The topological polar surface area (TPSA) is 0 Å². The van der Waals surface area contributed by atoms with Gasteiger partial charge in [-0.3, -0.25) is 0 Å². The molecule has 6 heterocycles. The quantitative estimate of drug-likeness (QED) is 0.0788. The molecule has 0 saturated heterocycles. The molecule has 0 nitrogen and oxygen atoms in total. The van der Waals surface area contributed by atoms with Gasteiger partial charge in [0.1, 0.15) is 0 Å². The van der Waals surface area contributed by atoms with Crippen LogP contribution in [0.25, 0.3) is 39.0 Å². The third-order valence-electron chi connectivity index (χ3n) is 6.43. The molecule has 0 saturated carbocycles.